The molecule has 0 aliphatic heterocycles. The molecule has 3 aromatic carbocycles. The number of nitrogens with one attached hydrogen (secondary N) is 1. The molecule has 3 aromatic rings. The molecule has 22 heavy (non-hydrogen) atoms. The lowest BCUT2D eigenvalue weighted by Crippen LogP contribution is -1.87. The third-order valence-electron chi connectivity index (χ3n) is 2.90. The van der Waals surface area contributed by atoms with E-state index in [0.717, 1.165) is 11.4 Å². The van der Waals surface area contributed by atoms with Crippen LogP contribution in [0.1, 0.15) is 10.4 Å². The number of carbonyl (C=O) groups excluding carboxylic acids is 1. The highest BCUT2D eigenvalue weighted by Crippen LogP contribution is 2.14. The molecular formula is C19H17NO2. The first kappa shape index (κ1) is 15.3. The number of para-hydroxylation sites is 3. The lowest BCUT2D eigenvalue weighted by Gasteiger charge is -2.04. The van der Waals surface area contributed by atoms with Crippen LogP contribution in [0, 0.1) is 0 Å². The van der Waals surface area contributed by atoms with Crippen molar-refractivity contribution in [2.24, 2.45) is 0 Å². The van der Waals surface area contributed by atoms with Crippen LogP contribution in [0.15, 0.2) is 84.9 Å². The molecule has 0 aliphatic rings. The molecule has 0 aliphatic carbocycles. The molecule has 0 spiro atoms. The zero-order valence-corrected chi connectivity index (χ0v) is 12.0. The van der Waals surface area contributed by atoms with Gasteiger partial charge in [0.1, 0.15) is 5.75 Å². The zero-order valence-electron chi connectivity index (χ0n) is 12.0. The van der Waals surface area contributed by atoms with Crippen LogP contribution in [0.2, 0.25) is 0 Å². The van der Waals surface area contributed by atoms with Crippen LogP contribution < -0.4 is 5.32 Å². The summed E-state index contributed by atoms with van der Waals surface area (Å²) >= 11 is 0. The van der Waals surface area contributed by atoms with Crippen molar-refractivity contribution in [2.45, 2.75) is 0 Å². The van der Waals surface area contributed by atoms with Crippen molar-refractivity contribution < 1.29 is 9.90 Å². The first-order valence-electron chi connectivity index (χ1n) is 6.90. The summed E-state index contributed by atoms with van der Waals surface area (Å²) < 4.78 is 0. The largest absolute Gasteiger partial charge is 0.507 e. The van der Waals surface area contributed by atoms with E-state index in [0.29, 0.717) is 11.8 Å². The highest BCUT2D eigenvalue weighted by Gasteiger charge is 1.93. The van der Waals surface area contributed by atoms with Crippen LogP contribution in [0.4, 0.5) is 11.4 Å². The van der Waals surface area contributed by atoms with E-state index in [1.165, 1.54) is 6.07 Å². The van der Waals surface area contributed by atoms with Crippen LogP contribution >= 0.6 is 0 Å². The molecule has 0 unspecified atom stereocenters. The Kier molecular flexibility index (Phi) is 5.76. The Balaban J connectivity index is 0.000000172. The fourth-order valence-electron chi connectivity index (χ4n) is 1.80. The van der Waals surface area contributed by atoms with E-state index in [9.17, 15) is 4.79 Å². The maximum absolute atomic E-state index is 10.1. The molecule has 3 rings (SSSR count). The predicted octanol–water partition coefficient (Wildman–Crippen LogP) is 4.63. The molecule has 0 fully saturated rings. The van der Waals surface area contributed by atoms with Gasteiger partial charge in [-0.25, -0.2) is 0 Å². The van der Waals surface area contributed by atoms with Gasteiger partial charge in [-0.2, -0.15) is 0 Å². The topological polar surface area (TPSA) is 49.3 Å². The van der Waals surface area contributed by atoms with Gasteiger partial charge in [-0.3, -0.25) is 4.79 Å². The number of aromatic hydroxyl groups is 1. The number of phenolic OH excluding ortho intramolecular Hbond substituents is 1. The third kappa shape index (κ3) is 4.80. The molecule has 0 radical (unpaired) electrons. The Morgan fingerprint density at radius 3 is 1.55 bits per heavy atom. The second-order valence-corrected chi connectivity index (χ2v) is 4.53. The van der Waals surface area contributed by atoms with Crippen LogP contribution in [-0.2, 0) is 0 Å². The van der Waals surface area contributed by atoms with Gasteiger partial charge in [0.2, 0.25) is 0 Å². The minimum atomic E-state index is 0.0347. The lowest BCUT2D eigenvalue weighted by atomic mass is 10.2. The lowest BCUT2D eigenvalue weighted by molar-refractivity contribution is 0.112. The fourth-order valence-corrected chi connectivity index (χ4v) is 1.80. The van der Waals surface area contributed by atoms with Crippen molar-refractivity contribution in [2.75, 3.05) is 5.32 Å². The summed E-state index contributed by atoms with van der Waals surface area (Å²) in [5, 5.41) is 12.2. The Morgan fingerprint density at radius 2 is 1.14 bits per heavy atom. The minimum Gasteiger partial charge on any atom is -0.507 e. The van der Waals surface area contributed by atoms with E-state index in [4.69, 9.17) is 5.11 Å². The number of phenols is 1. The number of rotatable bonds is 3. The first-order chi connectivity index (χ1) is 10.8. The average molecular weight is 291 g/mol. The van der Waals surface area contributed by atoms with Crippen molar-refractivity contribution in [3.05, 3.63) is 90.5 Å². The molecular weight excluding hydrogens is 274 g/mol. The van der Waals surface area contributed by atoms with E-state index < -0.39 is 0 Å². The first-order valence-corrected chi connectivity index (χ1v) is 6.90. The second-order valence-electron chi connectivity index (χ2n) is 4.53. The molecule has 0 aromatic heterocycles. The number of benzene rings is 3. The van der Waals surface area contributed by atoms with Gasteiger partial charge in [-0.1, -0.05) is 48.5 Å². The van der Waals surface area contributed by atoms with Gasteiger partial charge in [-0.15, -0.1) is 0 Å². The van der Waals surface area contributed by atoms with Crippen molar-refractivity contribution in [3.8, 4) is 5.75 Å². The summed E-state index contributed by atoms with van der Waals surface area (Å²) in [7, 11) is 0. The molecule has 0 heterocycles. The van der Waals surface area contributed by atoms with E-state index in [-0.39, 0.29) is 5.75 Å². The van der Waals surface area contributed by atoms with E-state index in [1.807, 2.05) is 60.7 Å². The third-order valence-corrected chi connectivity index (χ3v) is 2.90. The number of anilines is 2. The zero-order chi connectivity index (χ0) is 15.6. The maximum atomic E-state index is 10.1. The summed E-state index contributed by atoms with van der Waals surface area (Å²) in [5.74, 6) is 0.0347. The summed E-state index contributed by atoms with van der Waals surface area (Å²) in [6.45, 7) is 0. The highest BCUT2D eigenvalue weighted by molar-refractivity contribution is 5.78. The molecule has 0 bridgehead atoms. The number of hydrogen-bond donors (Lipinski definition) is 2. The fraction of sp³-hybridized carbons (Fsp3) is 0. The SMILES string of the molecule is O=Cc1ccccc1O.c1ccc(Nc2ccccc2)cc1. The number of carbonyl (C=O) groups is 1. The Bertz CT molecular complexity index is 659. The van der Waals surface area contributed by atoms with Crippen molar-refractivity contribution in [3.63, 3.8) is 0 Å². The van der Waals surface area contributed by atoms with Gasteiger partial charge in [0.25, 0.3) is 0 Å². The Labute approximate surface area is 129 Å². The standard InChI is InChI=1S/C12H11N.C7H6O2/c1-3-7-11(8-4-1)13-12-9-5-2-6-10-12;8-5-6-3-1-2-4-7(6)9/h1-10,13H;1-5,9H. The van der Waals surface area contributed by atoms with Crippen LogP contribution in [-0.4, -0.2) is 11.4 Å². The molecule has 0 saturated heterocycles. The normalized spacial score (nSPS) is 9.27. The molecule has 110 valence electrons. The Morgan fingerprint density at radius 1 is 0.682 bits per heavy atom. The van der Waals surface area contributed by atoms with Crippen molar-refractivity contribution in [1.82, 2.24) is 0 Å². The second kappa shape index (κ2) is 8.27. The van der Waals surface area contributed by atoms with Crippen molar-refractivity contribution in [1.29, 1.82) is 0 Å². The van der Waals surface area contributed by atoms with Gasteiger partial charge in [0, 0.05) is 11.4 Å². The summed E-state index contributed by atoms with van der Waals surface area (Å²) in [5.41, 5.74) is 2.57. The molecule has 0 amide bonds. The van der Waals surface area contributed by atoms with Gasteiger partial charge >= 0.3 is 0 Å². The highest BCUT2D eigenvalue weighted by atomic mass is 16.3. The molecule has 3 nitrogen and oxygen atoms in total. The Hall–Kier alpha value is -3.07. The number of aldehydes is 1. The van der Waals surface area contributed by atoms with Crippen LogP contribution in [0.5, 0.6) is 5.75 Å². The van der Waals surface area contributed by atoms with Gasteiger partial charge < -0.3 is 10.4 Å². The predicted molar refractivity (Wildman–Crippen MR) is 89.7 cm³/mol. The van der Waals surface area contributed by atoms with Crippen LogP contribution in [0.25, 0.3) is 0 Å². The van der Waals surface area contributed by atoms with Crippen LogP contribution in [0.3, 0.4) is 0 Å². The molecule has 3 heteroatoms. The summed E-state index contributed by atoms with van der Waals surface area (Å²) in [6.07, 6.45) is 0.620. The van der Waals surface area contributed by atoms with Gasteiger partial charge in [-0.05, 0) is 36.4 Å². The smallest absolute Gasteiger partial charge is 0.153 e. The van der Waals surface area contributed by atoms with E-state index >= 15 is 0 Å². The van der Waals surface area contributed by atoms with Crippen molar-refractivity contribution >= 4 is 17.7 Å². The van der Waals surface area contributed by atoms with E-state index in [2.05, 4.69) is 5.32 Å². The monoisotopic (exact) mass is 291 g/mol. The van der Waals surface area contributed by atoms with E-state index in [1.54, 1.807) is 18.2 Å². The molecule has 2 N–H and O–H groups in total. The summed E-state index contributed by atoms with van der Waals surface area (Å²) in [4.78, 5) is 10.1. The minimum absolute atomic E-state index is 0.0347. The van der Waals surface area contributed by atoms with Gasteiger partial charge in [0.05, 0.1) is 5.56 Å². The van der Waals surface area contributed by atoms with Gasteiger partial charge in [0.15, 0.2) is 6.29 Å². The molecule has 0 saturated carbocycles. The number of hydrogen-bond acceptors (Lipinski definition) is 3. The molecule has 0 atom stereocenters. The maximum Gasteiger partial charge on any atom is 0.153 e. The quantitative estimate of drug-likeness (QED) is 0.691. The average Bonchev–Trinajstić information content (AvgIpc) is 2.58. The summed E-state index contributed by atoms with van der Waals surface area (Å²) in [6, 6.07) is 26.7.